The maximum atomic E-state index is 12.9. The highest BCUT2D eigenvalue weighted by Crippen LogP contribution is 2.35. The number of carbonyl (C=O) groups is 1. The lowest BCUT2D eigenvalue weighted by Crippen LogP contribution is -2.41. The Balaban J connectivity index is 1.80. The lowest BCUT2D eigenvalue weighted by molar-refractivity contribution is 0.0660. The molecule has 1 aromatic rings. The molecule has 114 valence electrons. The number of anilines is 1. The van der Waals surface area contributed by atoms with Crippen molar-refractivity contribution in [2.45, 2.75) is 57.9 Å². The number of nitrogens with two attached hydrogens (primary N) is 1. The summed E-state index contributed by atoms with van der Waals surface area (Å²) in [7, 11) is 0. The van der Waals surface area contributed by atoms with Crippen molar-refractivity contribution in [3.8, 4) is 0 Å². The molecule has 1 saturated heterocycles. The molecule has 2 fully saturated rings. The van der Waals surface area contributed by atoms with E-state index in [1.807, 2.05) is 6.92 Å². The first-order chi connectivity index (χ1) is 10.2. The van der Waals surface area contributed by atoms with E-state index in [4.69, 9.17) is 5.73 Å². The lowest BCUT2D eigenvalue weighted by atomic mass is 9.83. The van der Waals surface area contributed by atoms with Crippen LogP contribution in [0.2, 0.25) is 0 Å². The van der Waals surface area contributed by atoms with E-state index in [2.05, 4.69) is 9.88 Å². The normalized spacial score (nSPS) is 23.5. The first kappa shape index (κ1) is 14.4. The molecule has 0 radical (unpaired) electrons. The maximum absolute atomic E-state index is 12.9. The summed E-state index contributed by atoms with van der Waals surface area (Å²) in [5.74, 6) is 0.819. The van der Waals surface area contributed by atoms with Gasteiger partial charge >= 0.3 is 0 Å². The number of aromatic nitrogens is 1. The third-order valence-electron chi connectivity index (χ3n) is 5.09. The number of hydrogen-bond donors (Lipinski definition) is 1. The van der Waals surface area contributed by atoms with Gasteiger partial charge in [-0.1, -0.05) is 19.3 Å². The van der Waals surface area contributed by atoms with Crippen LogP contribution in [-0.4, -0.2) is 28.4 Å². The van der Waals surface area contributed by atoms with Gasteiger partial charge in [0.25, 0.3) is 5.91 Å². The number of likely N-dealkylation sites (tertiary alicyclic amines) is 1. The van der Waals surface area contributed by atoms with E-state index < -0.39 is 0 Å². The second-order valence-corrected chi connectivity index (χ2v) is 6.51. The number of rotatable bonds is 2. The van der Waals surface area contributed by atoms with Crippen molar-refractivity contribution in [2.75, 3.05) is 12.3 Å². The molecule has 3 rings (SSSR count). The van der Waals surface area contributed by atoms with Gasteiger partial charge in [0.2, 0.25) is 0 Å². The van der Waals surface area contributed by atoms with Crippen LogP contribution < -0.4 is 5.73 Å². The van der Waals surface area contributed by atoms with Gasteiger partial charge in [-0.05, 0) is 44.6 Å². The number of nitrogen functional groups attached to an aromatic ring is 1. The van der Waals surface area contributed by atoms with Crippen molar-refractivity contribution in [2.24, 2.45) is 5.92 Å². The molecule has 21 heavy (non-hydrogen) atoms. The third-order valence-corrected chi connectivity index (χ3v) is 5.09. The highest BCUT2D eigenvalue weighted by Gasteiger charge is 2.35. The number of nitrogens with zero attached hydrogens (tertiary/aromatic N) is 2. The van der Waals surface area contributed by atoms with E-state index in [0.717, 1.165) is 25.1 Å². The molecule has 0 bridgehead atoms. The fourth-order valence-corrected chi connectivity index (χ4v) is 3.97. The largest absolute Gasteiger partial charge is 0.397 e. The minimum absolute atomic E-state index is 0.125. The first-order valence-corrected chi connectivity index (χ1v) is 8.20. The van der Waals surface area contributed by atoms with E-state index in [0.29, 0.717) is 23.2 Å². The molecular weight excluding hydrogens is 262 g/mol. The smallest absolute Gasteiger partial charge is 0.256 e. The summed E-state index contributed by atoms with van der Waals surface area (Å²) in [6.45, 7) is 2.77. The average Bonchev–Trinajstić information content (AvgIpc) is 2.99. The second-order valence-electron chi connectivity index (χ2n) is 6.51. The molecule has 2 heterocycles. The first-order valence-electron chi connectivity index (χ1n) is 8.20. The standard InChI is InChI=1S/C17H25N3O/c1-12-15(10-14(18)11-19-12)17(21)20-9-5-8-16(20)13-6-3-2-4-7-13/h10-11,13,16H,2-9,18H2,1H3. The van der Waals surface area contributed by atoms with Crippen molar-refractivity contribution in [3.63, 3.8) is 0 Å². The molecule has 4 nitrogen and oxygen atoms in total. The molecule has 0 spiro atoms. The Labute approximate surface area is 126 Å². The number of amides is 1. The Bertz CT molecular complexity index is 523. The van der Waals surface area contributed by atoms with Crippen molar-refractivity contribution in [1.82, 2.24) is 9.88 Å². The molecular formula is C17H25N3O. The molecule has 1 aromatic heterocycles. The van der Waals surface area contributed by atoms with E-state index in [-0.39, 0.29) is 5.91 Å². The van der Waals surface area contributed by atoms with Crippen LogP contribution in [0.3, 0.4) is 0 Å². The molecule has 1 amide bonds. The van der Waals surface area contributed by atoms with Gasteiger partial charge in [-0.25, -0.2) is 0 Å². The lowest BCUT2D eigenvalue weighted by Gasteiger charge is -2.34. The Morgan fingerprint density at radius 1 is 1.24 bits per heavy atom. The zero-order valence-corrected chi connectivity index (χ0v) is 12.8. The Kier molecular flexibility index (Phi) is 4.13. The van der Waals surface area contributed by atoms with Gasteiger partial charge in [-0.2, -0.15) is 0 Å². The predicted molar refractivity (Wildman–Crippen MR) is 84.0 cm³/mol. The predicted octanol–water partition coefficient (Wildman–Crippen LogP) is 3.16. The van der Waals surface area contributed by atoms with Crippen molar-refractivity contribution >= 4 is 11.6 Å². The molecule has 1 aliphatic heterocycles. The SMILES string of the molecule is Cc1ncc(N)cc1C(=O)N1CCCC1C1CCCCC1. The van der Waals surface area contributed by atoms with Gasteiger partial charge in [0, 0.05) is 12.6 Å². The number of hydrogen-bond acceptors (Lipinski definition) is 3. The van der Waals surface area contributed by atoms with Crippen LogP contribution in [0.15, 0.2) is 12.3 Å². The van der Waals surface area contributed by atoms with Crippen LogP contribution in [0.5, 0.6) is 0 Å². The minimum atomic E-state index is 0.125. The summed E-state index contributed by atoms with van der Waals surface area (Å²) in [5.41, 5.74) is 7.83. The molecule has 0 aromatic carbocycles. The topological polar surface area (TPSA) is 59.2 Å². The van der Waals surface area contributed by atoms with Crippen LogP contribution in [0, 0.1) is 12.8 Å². The minimum Gasteiger partial charge on any atom is -0.397 e. The van der Waals surface area contributed by atoms with Crippen LogP contribution in [0.1, 0.15) is 61.0 Å². The summed E-state index contributed by atoms with van der Waals surface area (Å²) in [4.78, 5) is 19.2. The number of carbonyl (C=O) groups excluding carboxylic acids is 1. The summed E-state index contributed by atoms with van der Waals surface area (Å²) < 4.78 is 0. The maximum Gasteiger partial charge on any atom is 0.256 e. The monoisotopic (exact) mass is 287 g/mol. The Hall–Kier alpha value is -1.58. The van der Waals surface area contributed by atoms with E-state index in [9.17, 15) is 4.79 Å². The quantitative estimate of drug-likeness (QED) is 0.909. The van der Waals surface area contributed by atoms with E-state index >= 15 is 0 Å². The fraction of sp³-hybridized carbons (Fsp3) is 0.647. The molecule has 1 saturated carbocycles. The molecule has 4 heteroatoms. The highest BCUT2D eigenvalue weighted by molar-refractivity contribution is 5.96. The van der Waals surface area contributed by atoms with Crippen molar-refractivity contribution in [1.29, 1.82) is 0 Å². The highest BCUT2D eigenvalue weighted by atomic mass is 16.2. The number of aryl methyl sites for hydroxylation is 1. The van der Waals surface area contributed by atoms with Gasteiger partial charge < -0.3 is 10.6 Å². The van der Waals surface area contributed by atoms with Gasteiger partial charge in [-0.15, -0.1) is 0 Å². The summed E-state index contributed by atoms with van der Waals surface area (Å²) in [6, 6.07) is 2.21. The third kappa shape index (κ3) is 2.89. The summed E-state index contributed by atoms with van der Waals surface area (Å²) in [5, 5.41) is 0. The van der Waals surface area contributed by atoms with E-state index in [1.54, 1.807) is 12.3 Å². The van der Waals surface area contributed by atoms with Crippen LogP contribution in [0.25, 0.3) is 0 Å². The van der Waals surface area contributed by atoms with Crippen molar-refractivity contribution in [3.05, 3.63) is 23.5 Å². The fourth-order valence-electron chi connectivity index (χ4n) is 3.97. The molecule has 2 N–H and O–H groups in total. The molecule has 1 aliphatic carbocycles. The molecule has 1 unspecified atom stereocenters. The van der Waals surface area contributed by atoms with E-state index in [1.165, 1.54) is 32.1 Å². The van der Waals surface area contributed by atoms with Crippen molar-refractivity contribution < 1.29 is 4.79 Å². The Morgan fingerprint density at radius 3 is 2.76 bits per heavy atom. The van der Waals surface area contributed by atoms with Crippen LogP contribution in [-0.2, 0) is 0 Å². The van der Waals surface area contributed by atoms with Gasteiger partial charge in [-0.3, -0.25) is 9.78 Å². The summed E-state index contributed by atoms with van der Waals surface area (Å²) >= 11 is 0. The second kappa shape index (κ2) is 6.04. The number of pyridine rings is 1. The zero-order chi connectivity index (χ0) is 14.8. The van der Waals surface area contributed by atoms with Gasteiger partial charge in [0.05, 0.1) is 23.1 Å². The van der Waals surface area contributed by atoms with Gasteiger partial charge in [0.15, 0.2) is 0 Å². The summed E-state index contributed by atoms with van der Waals surface area (Å²) in [6.07, 6.45) is 10.5. The molecule has 1 atom stereocenters. The molecule has 2 aliphatic rings. The zero-order valence-electron chi connectivity index (χ0n) is 12.8. The van der Waals surface area contributed by atoms with Gasteiger partial charge in [0.1, 0.15) is 0 Å². The average molecular weight is 287 g/mol. The van der Waals surface area contributed by atoms with Crippen LogP contribution >= 0.6 is 0 Å². The van der Waals surface area contributed by atoms with Crippen LogP contribution in [0.4, 0.5) is 5.69 Å². The Morgan fingerprint density at radius 2 is 2.00 bits per heavy atom.